The summed E-state index contributed by atoms with van der Waals surface area (Å²) in [6.45, 7) is 11.5. The Labute approximate surface area is 150 Å². The van der Waals surface area contributed by atoms with E-state index in [1.807, 2.05) is 16.5 Å². The zero-order chi connectivity index (χ0) is 18.1. The molecule has 4 heteroatoms. The molecule has 4 nitrogen and oxygen atoms in total. The molecule has 0 unspecified atom stereocenters. The highest BCUT2D eigenvalue weighted by atomic mass is 16.2. The minimum absolute atomic E-state index is 0.0211. The third-order valence-electron chi connectivity index (χ3n) is 5.12. The van der Waals surface area contributed by atoms with Crippen molar-refractivity contribution in [2.75, 3.05) is 6.54 Å². The van der Waals surface area contributed by atoms with E-state index in [0.29, 0.717) is 19.0 Å². The number of nitrogens with zero attached hydrogens (tertiary/aromatic N) is 3. The van der Waals surface area contributed by atoms with Crippen molar-refractivity contribution in [3.63, 3.8) is 0 Å². The van der Waals surface area contributed by atoms with Crippen LogP contribution in [-0.4, -0.2) is 27.1 Å². The average molecular weight is 337 g/mol. The molecular weight excluding hydrogens is 310 g/mol. The van der Waals surface area contributed by atoms with E-state index in [0.717, 1.165) is 11.4 Å². The molecule has 0 aliphatic carbocycles. The number of amides is 1. The molecular formula is C21H27N3O. The van der Waals surface area contributed by atoms with Crippen molar-refractivity contribution in [2.45, 2.75) is 53.1 Å². The van der Waals surface area contributed by atoms with Crippen LogP contribution >= 0.6 is 0 Å². The first-order valence-corrected chi connectivity index (χ1v) is 8.95. The second-order valence-electron chi connectivity index (χ2n) is 7.23. The molecule has 0 radical (unpaired) electrons. The minimum atomic E-state index is 0.0211. The fourth-order valence-corrected chi connectivity index (χ4v) is 3.34. The topological polar surface area (TPSA) is 38.1 Å². The van der Waals surface area contributed by atoms with Crippen LogP contribution in [0.25, 0.3) is 0 Å². The van der Waals surface area contributed by atoms with Gasteiger partial charge in [0.25, 0.3) is 0 Å². The maximum Gasteiger partial charge on any atom is 0.245 e. The summed E-state index contributed by atoms with van der Waals surface area (Å²) < 4.78 is 1.83. The summed E-state index contributed by atoms with van der Waals surface area (Å²) in [6.07, 6.45) is 4.22. The SMILES string of the molecule is Cc1cccc([C@@H]2C=CCN2C(=O)Cn2nc(C(C)C)cc2C)c1C. The van der Waals surface area contributed by atoms with E-state index in [-0.39, 0.29) is 11.9 Å². The summed E-state index contributed by atoms with van der Waals surface area (Å²) in [5.74, 6) is 0.476. The van der Waals surface area contributed by atoms with Gasteiger partial charge in [-0.3, -0.25) is 9.48 Å². The van der Waals surface area contributed by atoms with Crippen LogP contribution in [0.3, 0.4) is 0 Å². The molecule has 25 heavy (non-hydrogen) atoms. The molecule has 1 atom stereocenters. The normalized spacial score (nSPS) is 16.9. The number of carbonyl (C=O) groups excluding carboxylic acids is 1. The van der Waals surface area contributed by atoms with Gasteiger partial charge in [-0.1, -0.05) is 44.2 Å². The highest BCUT2D eigenvalue weighted by molar-refractivity contribution is 5.77. The molecule has 1 aliphatic heterocycles. The van der Waals surface area contributed by atoms with Gasteiger partial charge in [-0.15, -0.1) is 0 Å². The van der Waals surface area contributed by atoms with Crippen molar-refractivity contribution in [3.05, 3.63) is 64.5 Å². The molecule has 0 fully saturated rings. The third-order valence-corrected chi connectivity index (χ3v) is 5.12. The molecule has 2 aromatic rings. The molecule has 1 aromatic carbocycles. The predicted molar refractivity (Wildman–Crippen MR) is 101 cm³/mol. The Morgan fingerprint density at radius 1 is 1.28 bits per heavy atom. The van der Waals surface area contributed by atoms with E-state index in [1.165, 1.54) is 16.7 Å². The molecule has 0 spiro atoms. The van der Waals surface area contributed by atoms with Crippen LogP contribution < -0.4 is 0 Å². The summed E-state index contributed by atoms with van der Waals surface area (Å²) in [5.41, 5.74) is 5.80. The minimum Gasteiger partial charge on any atom is -0.327 e. The first-order chi connectivity index (χ1) is 11.9. The van der Waals surface area contributed by atoms with Gasteiger partial charge in [0.1, 0.15) is 6.54 Å². The zero-order valence-corrected chi connectivity index (χ0v) is 15.8. The van der Waals surface area contributed by atoms with E-state index in [4.69, 9.17) is 0 Å². The Morgan fingerprint density at radius 3 is 2.72 bits per heavy atom. The van der Waals surface area contributed by atoms with Crippen LogP contribution in [-0.2, 0) is 11.3 Å². The number of rotatable bonds is 4. The summed E-state index contributed by atoms with van der Waals surface area (Å²) in [4.78, 5) is 14.9. The van der Waals surface area contributed by atoms with Gasteiger partial charge >= 0.3 is 0 Å². The van der Waals surface area contributed by atoms with Crippen LogP contribution in [0.4, 0.5) is 0 Å². The maximum atomic E-state index is 13.0. The van der Waals surface area contributed by atoms with Crippen LogP contribution in [0.2, 0.25) is 0 Å². The van der Waals surface area contributed by atoms with Crippen LogP contribution in [0.5, 0.6) is 0 Å². The molecule has 1 amide bonds. The largest absolute Gasteiger partial charge is 0.327 e. The molecule has 0 saturated carbocycles. The zero-order valence-electron chi connectivity index (χ0n) is 15.8. The number of aryl methyl sites for hydroxylation is 2. The Bertz CT molecular complexity index is 817. The van der Waals surface area contributed by atoms with Gasteiger partial charge in [0, 0.05) is 12.2 Å². The monoisotopic (exact) mass is 337 g/mol. The van der Waals surface area contributed by atoms with E-state index in [2.05, 4.69) is 69.2 Å². The van der Waals surface area contributed by atoms with Gasteiger partial charge in [-0.25, -0.2) is 0 Å². The highest BCUT2D eigenvalue weighted by Gasteiger charge is 2.28. The Kier molecular flexibility index (Phi) is 4.80. The van der Waals surface area contributed by atoms with Gasteiger partial charge in [-0.05, 0) is 49.4 Å². The molecule has 1 aliphatic rings. The van der Waals surface area contributed by atoms with Gasteiger partial charge in [-0.2, -0.15) is 5.10 Å². The smallest absolute Gasteiger partial charge is 0.245 e. The molecule has 3 rings (SSSR count). The summed E-state index contributed by atoms with van der Waals surface area (Å²) >= 11 is 0. The predicted octanol–water partition coefficient (Wildman–Crippen LogP) is 4.07. The van der Waals surface area contributed by atoms with E-state index >= 15 is 0 Å². The fraction of sp³-hybridized carbons (Fsp3) is 0.429. The van der Waals surface area contributed by atoms with Crippen molar-refractivity contribution in [3.8, 4) is 0 Å². The lowest BCUT2D eigenvalue weighted by Gasteiger charge is -2.27. The van der Waals surface area contributed by atoms with Gasteiger partial charge < -0.3 is 4.90 Å². The molecule has 132 valence electrons. The van der Waals surface area contributed by atoms with E-state index in [1.54, 1.807) is 0 Å². The highest BCUT2D eigenvalue weighted by Crippen LogP contribution is 2.30. The molecule has 0 N–H and O–H groups in total. The summed E-state index contributed by atoms with van der Waals surface area (Å²) in [6, 6.07) is 8.40. The van der Waals surface area contributed by atoms with Crippen LogP contribution in [0, 0.1) is 20.8 Å². The van der Waals surface area contributed by atoms with E-state index in [9.17, 15) is 4.79 Å². The lowest BCUT2D eigenvalue weighted by molar-refractivity contribution is -0.132. The fourth-order valence-electron chi connectivity index (χ4n) is 3.34. The summed E-state index contributed by atoms with van der Waals surface area (Å²) in [7, 11) is 0. The maximum absolute atomic E-state index is 13.0. The second kappa shape index (κ2) is 6.87. The third kappa shape index (κ3) is 3.39. The Morgan fingerprint density at radius 2 is 2.04 bits per heavy atom. The first kappa shape index (κ1) is 17.5. The molecule has 0 bridgehead atoms. The molecule has 2 heterocycles. The van der Waals surface area contributed by atoms with Crippen LogP contribution in [0.1, 0.15) is 53.9 Å². The average Bonchev–Trinajstić information content (AvgIpc) is 3.17. The molecule has 1 aromatic heterocycles. The number of hydrogen-bond donors (Lipinski definition) is 0. The first-order valence-electron chi connectivity index (χ1n) is 8.95. The quantitative estimate of drug-likeness (QED) is 0.789. The van der Waals surface area contributed by atoms with E-state index < -0.39 is 0 Å². The van der Waals surface area contributed by atoms with Crippen molar-refractivity contribution < 1.29 is 4.79 Å². The van der Waals surface area contributed by atoms with Crippen molar-refractivity contribution >= 4 is 5.91 Å². The van der Waals surface area contributed by atoms with Crippen molar-refractivity contribution in [1.29, 1.82) is 0 Å². The Balaban J connectivity index is 1.81. The number of carbonyl (C=O) groups is 1. The summed E-state index contributed by atoms with van der Waals surface area (Å²) in [5, 5.41) is 4.60. The Hall–Kier alpha value is -2.36. The number of hydrogen-bond acceptors (Lipinski definition) is 2. The van der Waals surface area contributed by atoms with Crippen molar-refractivity contribution in [2.24, 2.45) is 0 Å². The molecule has 0 saturated heterocycles. The van der Waals surface area contributed by atoms with Crippen molar-refractivity contribution in [1.82, 2.24) is 14.7 Å². The van der Waals surface area contributed by atoms with Gasteiger partial charge in [0.05, 0.1) is 11.7 Å². The lowest BCUT2D eigenvalue weighted by Crippen LogP contribution is -2.34. The lowest BCUT2D eigenvalue weighted by atomic mass is 9.97. The van der Waals surface area contributed by atoms with Crippen LogP contribution in [0.15, 0.2) is 36.4 Å². The standard InChI is InChI=1S/C21H27N3O/c1-14(2)19-12-16(4)24(22-19)13-21(25)23-11-7-10-20(23)18-9-6-8-15(3)17(18)5/h6-10,12,14,20H,11,13H2,1-5H3/t20-/m0/s1. The number of aromatic nitrogens is 2. The second-order valence-corrected chi connectivity index (χ2v) is 7.23. The van der Waals surface area contributed by atoms with Gasteiger partial charge in [0.2, 0.25) is 5.91 Å². The number of benzene rings is 1. The van der Waals surface area contributed by atoms with Gasteiger partial charge in [0.15, 0.2) is 0 Å².